The molecule has 0 unspecified atom stereocenters. The highest BCUT2D eigenvalue weighted by Gasteiger charge is 2.12. The molecule has 1 N–H and O–H groups in total. The molecule has 25 heavy (non-hydrogen) atoms. The van der Waals surface area contributed by atoms with Gasteiger partial charge in [-0.15, -0.1) is 11.3 Å². The lowest BCUT2D eigenvalue weighted by Gasteiger charge is -2.05. The molecule has 0 spiro atoms. The van der Waals surface area contributed by atoms with Crippen LogP contribution in [-0.4, -0.2) is 43.7 Å². The summed E-state index contributed by atoms with van der Waals surface area (Å²) >= 11 is 1.48. The fourth-order valence-electron chi connectivity index (χ4n) is 2.09. The summed E-state index contributed by atoms with van der Waals surface area (Å²) < 4.78 is 9.78. The molecule has 0 atom stereocenters. The summed E-state index contributed by atoms with van der Waals surface area (Å²) in [5, 5.41) is 5.28. The van der Waals surface area contributed by atoms with Crippen LogP contribution in [0.1, 0.15) is 18.2 Å². The SMILES string of the molecule is CCc1ccc(-c2nc(CC(=O)OCC(=O)NCCOC)cs2)cc1. The number of carbonyl (C=O) groups is 2. The smallest absolute Gasteiger partial charge is 0.312 e. The number of thiazole rings is 1. The maximum Gasteiger partial charge on any atom is 0.312 e. The summed E-state index contributed by atoms with van der Waals surface area (Å²) in [5.74, 6) is -0.819. The molecule has 1 amide bonds. The third-order valence-corrected chi connectivity index (χ3v) is 4.42. The summed E-state index contributed by atoms with van der Waals surface area (Å²) in [6.45, 7) is 2.62. The molecule has 0 saturated heterocycles. The Morgan fingerprint density at radius 2 is 2.00 bits per heavy atom. The van der Waals surface area contributed by atoms with Crippen LogP contribution in [0.2, 0.25) is 0 Å². The molecular weight excluding hydrogens is 340 g/mol. The Kier molecular flexibility index (Phi) is 7.56. The van der Waals surface area contributed by atoms with Gasteiger partial charge in [-0.1, -0.05) is 31.2 Å². The first-order valence-electron chi connectivity index (χ1n) is 8.07. The first-order chi connectivity index (χ1) is 12.1. The van der Waals surface area contributed by atoms with Crippen molar-refractivity contribution in [3.63, 3.8) is 0 Å². The molecule has 0 bridgehead atoms. The van der Waals surface area contributed by atoms with E-state index in [0.29, 0.717) is 18.8 Å². The van der Waals surface area contributed by atoms with Crippen molar-refractivity contribution in [1.82, 2.24) is 10.3 Å². The third kappa shape index (κ3) is 6.28. The molecule has 134 valence electrons. The van der Waals surface area contributed by atoms with E-state index in [-0.39, 0.29) is 18.9 Å². The predicted octanol–water partition coefficient (Wildman–Crippen LogP) is 2.22. The average molecular weight is 362 g/mol. The number of nitrogens with zero attached hydrogens (tertiary/aromatic N) is 1. The molecule has 2 rings (SSSR count). The largest absolute Gasteiger partial charge is 0.455 e. The molecule has 0 aliphatic heterocycles. The maximum absolute atomic E-state index is 11.8. The van der Waals surface area contributed by atoms with Gasteiger partial charge in [0.2, 0.25) is 0 Å². The number of carbonyl (C=O) groups excluding carboxylic acids is 2. The Morgan fingerprint density at radius 3 is 2.68 bits per heavy atom. The van der Waals surface area contributed by atoms with E-state index in [9.17, 15) is 9.59 Å². The lowest BCUT2D eigenvalue weighted by atomic mass is 10.1. The van der Waals surface area contributed by atoms with Gasteiger partial charge >= 0.3 is 5.97 Å². The number of amides is 1. The molecular formula is C18H22N2O4S. The van der Waals surface area contributed by atoms with Gasteiger partial charge in [0.1, 0.15) is 5.01 Å². The van der Waals surface area contributed by atoms with E-state index in [2.05, 4.69) is 29.4 Å². The molecule has 7 heteroatoms. The number of methoxy groups -OCH3 is 1. The number of hydrogen-bond donors (Lipinski definition) is 1. The lowest BCUT2D eigenvalue weighted by Crippen LogP contribution is -2.31. The van der Waals surface area contributed by atoms with Crippen molar-refractivity contribution >= 4 is 23.2 Å². The van der Waals surface area contributed by atoms with E-state index in [1.54, 1.807) is 7.11 Å². The van der Waals surface area contributed by atoms with E-state index in [1.165, 1.54) is 16.9 Å². The van der Waals surface area contributed by atoms with Crippen molar-refractivity contribution in [1.29, 1.82) is 0 Å². The van der Waals surface area contributed by atoms with Crippen molar-refractivity contribution < 1.29 is 19.1 Å². The van der Waals surface area contributed by atoms with Crippen molar-refractivity contribution in [3.05, 3.63) is 40.9 Å². The Bertz CT molecular complexity index is 697. The van der Waals surface area contributed by atoms with Gasteiger partial charge in [0.25, 0.3) is 5.91 Å². The molecule has 0 aliphatic rings. The van der Waals surface area contributed by atoms with Gasteiger partial charge in [-0.2, -0.15) is 0 Å². The summed E-state index contributed by atoms with van der Waals surface area (Å²) in [6.07, 6.45) is 1.04. The minimum absolute atomic E-state index is 0.0505. The second kappa shape index (κ2) is 9.90. The molecule has 0 fully saturated rings. The second-order valence-electron chi connectivity index (χ2n) is 5.37. The van der Waals surface area contributed by atoms with Crippen LogP contribution in [0.4, 0.5) is 0 Å². The third-order valence-electron chi connectivity index (χ3n) is 3.48. The number of ether oxygens (including phenoxy) is 2. The molecule has 0 radical (unpaired) electrons. The Balaban J connectivity index is 1.81. The molecule has 1 aromatic carbocycles. The molecule has 1 heterocycles. The fourth-order valence-corrected chi connectivity index (χ4v) is 2.92. The van der Waals surface area contributed by atoms with Crippen LogP contribution in [0.25, 0.3) is 10.6 Å². The van der Waals surface area contributed by atoms with Crippen LogP contribution in [0.15, 0.2) is 29.6 Å². The number of benzene rings is 1. The first-order valence-corrected chi connectivity index (χ1v) is 8.95. The standard InChI is InChI=1S/C18H22N2O4S/c1-3-13-4-6-14(7-5-13)18-20-15(12-25-18)10-17(22)24-11-16(21)19-8-9-23-2/h4-7,12H,3,8-11H2,1-2H3,(H,19,21). The first kappa shape index (κ1) is 19.1. The molecule has 2 aromatic rings. The Labute approximate surface area is 151 Å². The van der Waals surface area contributed by atoms with E-state index < -0.39 is 5.97 Å². The van der Waals surface area contributed by atoms with Crippen molar-refractivity contribution in [2.24, 2.45) is 0 Å². The molecule has 0 saturated carbocycles. The van der Waals surface area contributed by atoms with Crippen LogP contribution < -0.4 is 5.32 Å². The number of aryl methyl sites for hydroxylation is 1. The van der Waals surface area contributed by atoms with Crippen LogP contribution in [0.3, 0.4) is 0 Å². The maximum atomic E-state index is 11.8. The van der Waals surface area contributed by atoms with Crippen LogP contribution in [0, 0.1) is 0 Å². The van der Waals surface area contributed by atoms with Crippen molar-refractivity contribution in [3.8, 4) is 10.6 Å². The number of hydrogen-bond acceptors (Lipinski definition) is 6. The fraction of sp³-hybridized carbons (Fsp3) is 0.389. The van der Waals surface area contributed by atoms with Gasteiger partial charge < -0.3 is 14.8 Å². The summed E-state index contributed by atoms with van der Waals surface area (Å²) in [6, 6.07) is 8.22. The van der Waals surface area contributed by atoms with Crippen LogP contribution in [0.5, 0.6) is 0 Å². The Hall–Kier alpha value is -2.25. The van der Waals surface area contributed by atoms with Gasteiger partial charge in [-0.3, -0.25) is 9.59 Å². The predicted molar refractivity (Wildman–Crippen MR) is 96.5 cm³/mol. The van der Waals surface area contributed by atoms with Crippen molar-refractivity contribution in [2.75, 3.05) is 26.9 Å². The number of nitrogens with one attached hydrogen (secondary N) is 1. The number of esters is 1. The zero-order chi connectivity index (χ0) is 18.1. The van der Waals surface area contributed by atoms with Gasteiger partial charge in [0, 0.05) is 24.6 Å². The minimum Gasteiger partial charge on any atom is -0.455 e. The summed E-state index contributed by atoms with van der Waals surface area (Å²) in [5.41, 5.74) is 2.94. The highest BCUT2D eigenvalue weighted by atomic mass is 32.1. The average Bonchev–Trinajstić information content (AvgIpc) is 3.08. The van der Waals surface area contributed by atoms with Crippen molar-refractivity contribution in [2.45, 2.75) is 19.8 Å². The summed E-state index contributed by atoms with van der Waals surface area (Å²) in [4.78, 5) is 27.7. The lowest BCUT2D eigenvalue weighted by molar-refractivity contribution is -0.147. The van der Waals surface area contributed by atoms with Crippen LogP contribution in [-0.2, 0) is 31.9 Å². The highest BCUT2D eigenvalue weighted by molar-refractivity contribution is 7.13. The molecule has 6 nitrogen and oxygen atoms in total. The van der Waals surface area contributed by atoms with E-state index in [4.69, 9.17) is 9.47 Å². The van der Waals surface area contributed by atoms with E-state index >= 15 is 0 Å². The molecule has 1 aromatic heterocycles. The van der Waals surface area contributed by atoms with Gasteiger partial charge in [-0.05, 0) is 12.0 Å². The number of rotatable bonds is 9. The van der Waals surface area contributed by atoms with Gasteiger partial charge in [-0.25, -0.2) is 4.98 Å². The quantitative estimate of drug-likeness (QED) is 0.547. The van der Waals surface area contributed by atoms with Crippen LogP contribution >= 0.6 is 11.3 Å². The van der Waals surface area contributed by atoms with Gasteiger partial charge in [0.15, 0.2) is 6.61 Å². The normalized spacial score (nSPS) is 10.5. The summed E-state index contributed by atoms with van der Waals surface area (Å²) in [7, 11) is 1.55. The van der Waals surface area contributed by atoms with E-state index in [1.807, 2.05) is 17.5 Å². The second-order valence-corrected chi connectivity index (χ2v) is 6.23. The van der Waals surface area contributed by atoms with Gasteiger partial charge in [0.05, 0.1) is 18.7 Å². The number of aromatic nitrogens is 1. The zero-order valence-electron chi connectivity index (χ0n) is 14.4. The monoisotopic (exact) mass is 362 g/mol. The topological polar surface area (TPSA) is 77.5 Å². The minimum atomic E-state index is -0.472. The Morgan fingerprint density at radius 1 is 1.24 bits per heavy atom. The zero-order valence-corrected chi connectivity index (χ0v) is 15.2. The van der Waals surface area contributed by atoms with E-state index in [0.717, 1.165) is 17.0 Å². The molecule has 0 aliphatic carbocycles. The highest BCUT2D eigenvalue weighted by Crippen LogP contribution is 2.24.